The molecule has 17 heavy (non-hydrogen) atoms. The molecule has 1 amide bonds. The molecule has 4 nitrogen and oxygen atoms in total. The molecule has 0 fully saturated rings. The molecule has 0 aliphatic rings. The summed E-state index contributed by atoms with van der Waals surface area (Å²) in [4.78, 5) is 13.4. The molecule has 0 bridgehead atoms. The Hall–Kier alpha value is -1.62. The van der Waals surface area contributed by atoms with Crippen molar-refractivity contribution in [3.63, 3.8) is 0 Å². The van der Waals surface area contributed by atoms with Gasteiger partial charge in [0.1, 0.15) is 4.99 Å². The van der Waals surface area contributed by atoms with Crippen LogP contribution in [0, 0.1) is 6.92 Å². The summed E-state index contributed by atoms with van der Waals surface area (Å²) >= 11 is 4.90. The Bertz CT molecular complexity index is 443. The molecule has 0 spiro atoms. The van der Waals surface area contributed by atoms with Crippen molar-refractivity contribution >= 4 is 28.8 Å². The van der Waals surface area contributed by atoms with Gasteiger partial charge in [-0.1, -0.05) is 12.2 Å². The highest BCUT2D eigenvalue weighted by Crippen LogP contribution is 2.16. The topological polar surface area (TPSA) is 58.4 Å². The lowest BCUT2D eigenvalue weighted by Gasteiger charge is -2.13. The third-order valence-electron chi connectivity index (χ3n) is 2.44. The summed E-state index contributed by atoms with van der Waals surface area (Å²) < 4.78 is 0. The molecule has 3 N–H and O–H groups in total. The van der Waals surface area contributed by atoms with Crippen LogP contribution in [0.5, 0.6) is 0 Å². The number of amides is 1. The van der Waals surface area contributed by atoms with Gasteiger partial charge in [0.05, 0.1) is 6.54 Å². The lowest BCUT2D eigenvalue weighted by atomic mass is 10.1. The average Bonchev–Trinajstić information content (AvgIpc) is 2.26. The number of thiocarbonyl (C=S) groups is 1. The highest BCUT2D eigenvalue weighted by atomic mass is 32.1. The normalized spacial score (nSPS) is 9.82. The Labute approximate surface area is 107 Å². The fraction of sp³-hybridized carbons (Fsp3) is 0.333. The molecule has 0 saturated carbocycles. The molecule has 0 atom stereocenters. The van der Waals surface area contributed by atoms with Crippen molar-refractivity contribution in [2.45, 2.75) is 6.92 Å². The predicted molar refractivity (Wildman–Crippen MR) is 74.3 cm³/mol. The first-order valence-electron chi connectivity index (χ1n) is 5.26. The van der Waals surface area contributed by atoms with E-state index in [2.05, 4.69) is 5.32 Å². The molecule has 92 valence electrons. The van der Waals surface area contributed by atoms with Gasteiger partial charge in [0, 0.05) is 25.3 Å². The largest absolute Gasteiger partial charge is 0.389 e. The second-order valence-electron chi connectivity index (χ2n) is 4.04. The van der Waals surface area contributed by atoms with Gasteiger partial charge in [0.15, 0.2) is 0 Å². The maximum atomic E-state index is 11.4. The number of nitrogens with zero attached hydrogens (tertiary/aromatic N) is 1. The molecule has 0 aliphatic heterocycles. The molecule has 0 aromatic heterocycles. The lowest BCUT2D eigenvalue weighted by Crippen LogP contribution is -2.28. The third-order valence-corrected chi connectivity index (χ3v) is 2.68. The van der Waals surface area contributed by atoms with Gasteiger partial charge in [-0.15, -0.1) is 0 Å². The van der Waals surface area contributed by atoms with Crippen LogP contribution in [0.2, 0.25) is 0 Å². The van der Waals surface area contributed by atoms with E-state index in [1.54, 1.807) is 19.0 Å². The van der Waals surface area contributed by atoms with E-state index in [-0.39, 0.29) is 12.5 Å². The van der Waals surface area contributed by atoms with E-state index < -0.39 is 0 Å². The van der Waals surface area contributed by atoms with Gasteiger partial charge < -0.3 is 16.0 Å². The second-order valence-corrected chi connectivity index (χ2v) is 4.48. The molecule has 0 heterocycles. The van der Waals surface area contributed by atoms with E-state index >= 15 is 0 Å². The van der Waals surface area contributed by atoms with Gasteiger partial charge in [-0.05, 0) is 30.7 Å². The summed E-state index contributed by atoms with van der Waals surface area (Å²) in [6, 6.07) is 5.63. The minimum atomic E-state index is 0.0304. The van der Waals surface area contributed by atoms with E-state index in [0.717, 1.165) is 16.8 Å². The van der Waals surface area contributed by atoms with Crippen LogP contribution in [0.1, 0.15) is 11.1 Å². The monoisotopic (exact) mass is 251 g/mol. The SMILES string of the molecule is Cc1cc(C(N)=S)ccc1NCC(=O)N(C)C. The van der Waals surface area contributed by atoms with E-state index in [4.69, 9.17) is 18.0 Å². The minimum absolute atomic E-state index is 0.0304. The number of nitrogens with two attached hydrogens (primary N) is 1. The van der Waals surface area contributed by atoms with Crippen LogP contribution in [0.15, 0.2) is 18.2 Å². The van der Waals surface area contributed by atoms with Crippen LogP contribution in [0.3, 0.4) is 0 Å². The van der Waals surface area contributed by atoms with Gasteiger partial charge in [-0.3, -0.25) is 4.79 Å². The number of hydrogen-bond donors (Lipinski definition) is 2. The van der Waals surface area contributed by atoms with Crippen molar-refractivity contribution in [2.24, 2.45) is 5.73 Å². The summed E-state index contributed by atoms with van der Waals surface area (Å²) in [7, 11) is 3.46. The van der Waals surface area contributed by atoms with Crippen molar-refractivity contribution in [3.05, 3.63) is 29.3 Å². The number of carbonyl (C=O) groups excluding carboxylic acids is 1. The summed E-state index contributed by atoms with van der Waals surface area (Å²) in [6.45, 7) is 2.23. The maximum absolute atomic E-state index is 11.4. The van der Waals surface area contributed by atoms with Crippen LogP contribution in [0.25, 0.3) is 0 Å². The fourth-order valence-corrected chi connectivity index (χ4v) is 1.47. The average molecular weight is 251 g/mol. The molecule has 0 saturated heterocycles. The third kappa shape index (κ3) is 3.71. The first-order valence-corrected chi connectivity index (χ1v) is 5.67. The second kappa shape index (κ2) is 5.63. The zero-order chi connectivity index (χ0) is 13.0. The van der Waals surface area contributed by atoms with Gasteiger partial charge in [0.2, 0.25) is 5.91 Å². The smallest absolute Gasteiger partial charge is 0.241 e. The number of anilines is 1. The first-order chi connectivity index (χ1) is 7.91. The van der Waals surface area contributed by atoms with Gasteiger partial charge in [-0.25, -0.2) is 0 Å². The number of rotatable bonds is 4. The molecule has 1 aromatic rings. The maximum Gasteiger partial charge on any atom is 0.241 e. The Balaban J connectivity index is 2.73. The Morgan fingerprint density at radius 2 is 2.12 bits per heavy atom. The summed E-state index contributed by atoms with van der Waals surface area (Å²) in [5.41, 5.74) is 8.31. The molecule has 5 heteroatoms. The standard InChI is InChI=1S/C12H17N3OS/c1-8-6-9(12(13)17)4-5-10(8)14-7-11(16)15(2)3/h4-6,14H,7H2,1-3H3,(H2,13,17). The lowest BCUT2D eigenvalue weighted by molar-refractivity contribution is -0.126. The van der Waals surface area contributed by atoms with E-state index in [1.165, 1.54) is 0 Å². The van der Waals surface area contributed by atoms with Gasteiger partial charge in [0.25, 0.3) is 0 Å². The van der Waals surface area contributed by atoms with E-state index in [1.807, 2.05) is 25.1 Å². The van der Waals surface area contributed by atoms with E-state index in [9.17, 15) is 4.79 Å². The van der Waals surface area contributed by atoms with Crippen molar-refractivity contribution in [3.8, 4) is 0 Å². The Morgan fingerprint density at radius 1 is 1.47 bits per heavy atom. The zero-order valence-corrected chi connectivity index (χ0v) is 11.1. The van der Waals surface area contributed by atoms with Crippen LogP contribution < -0.4 is 11.1 Å². The van der Waals surface area contributed by atoms with Crippen molar-refractivity contribution in [1.82, 2.24) is 4.90 Å². The van der Waals surface area contributed by atoms with Gasteiger partial charge in [-0.2, -0.15) is 0 Å². The Morgan fingerprint density at radius 3 is 2.59 bits per heavy atom. The summed E-state index contributed by atoms with van der Waals surface area (Å²) in [6.07, 6.45) is 0. The number of nitrogens with one attached hydrogen (secondary N) is 1. The van der Waals surface area contributed by atoms with Crippen LogP contribution in [-0.4, -0.2) is 36.4 Å². The fourth-order valence-electron chi connectivity index (χ4n) is 1.34. The van der Waals surface area contributed by atoms with Crippen molar-refractivity contribution < 1.29 is 4.79 Å². The molecule has 1 rings (SSSR count). The van der Waals surface area contributed by atoms with Gasteiger partial charge >= 0.3 is 0 Å². The molecular formula is C12H17N3OS. The number of benzene rings is 1. The number of hydrogen-bond acceptors (Lipinski definition) is 3. The van der Waals surface area contributed by atoms with E-state index in [0.29, 0.717) is 4.99 Å². The minimum Gasteiger partial charge on any atom is -0.389 e. The predicted octanol–water partition coefficient (Wildman–Crippen LogP) is 1.13. The highest BCUT2D eigenvalue weighted by Gasteiger charge is 2.05. The molecular weight excluding hydrogens is 234 g/mol. The quantitative estimate of drug-likeness (QED) is 0.788. The number of likely N-dealkylation sites (N-methyl/N-ethyl adjacent to an activating group) is 1. The van der Waals surface area contributed by atoms with Crippen molar-refractivity contribution in [1.29, 1.82) is 0 Å². The van der Waals surface area contributed by atoms with Crippen LogP contribution in [-0.2, 0) is 4.79 Å². The highest BCUT2D eigenvalue weighted by molar-refractivity contribution is 7.80. The molecule has 0 radical (unpaired) electrons. The number of aryl methyl sites for hydroxylation is 1. The Kier molecular flexibility index (Phi) is 4.45. The molecule has 1 aromatic carbocycles. The van der Waals surface area contributed by atoms with Crippen LogP contribution in [0.4, 0.5) is 5.69 Å². The first kappa shape index (κ1) is 13.4. The molecule has 0 unspecified atom stereocenters. The zero-order valence-electron chi connectivity index (χ0n) is 10.3. The van der Waals surface area contributed by atoms with Crippen molar-refractivity contribution in [2.75, 3.05) is 26.0 Å². The summed E-state index contributed by atoms with van der Waals surface area (Å²) in [5.74, 6) is 0.0304. The van der Waals surface area contributed by atoms with Crippen LogP contribution >= 0.6 is 12.2 Å². The molecule has 0 aliphatic carbocycles. The summed E-state index contributed by atoms with van der Waals surface area (Å²) in [5, 5.41) is 3.08. The number of carbonyl (C=O) groups is 1.